The normalized spacial score (nSPS) is 25.5. The standard InChI is InChI=1S/C14H25N3O2/c1-11(2)9-17-10-12(8-13(17)18)14(19)16-6-4-15(3)5-7-16/h11-12H,4-10H2,1-3H3. The van der Waals surface area contributed by atoms with Crippen molar-refractivity contribution >= 4 is 11.8 Å². The third kappa shape index (κ3) is 3.47. The van der Waals surface area contributed by atoms with Crippen molar-refractivity contribution in [1.29, 1.82) is 0 Å². The predicted octanol–water partition coefficient (Wildman–Crippen LogP) is 0.265. The van der Waals surface area contributed by atoms with Crippen LogP contribution < -0.4 is 0 Å². The number of hydrogen-bond acceptors (Lipinski definition) is 3. The maximum atomic E-state index is 12.4. The van der Waals surface area contributed by atoms with E-state index in [1.165, 1.54) is 0 Å². The van der Waals surface area contributed by atoms with E-state index in [4.69, 9.17) is 0 Å². The Kier molecular flexibility index (Phi) is 4.45. The molecule has 1 atom stereocenters. The first kappa shape index (κ1) is 14.3. The first-order chi connectivity index (χ1) is 8.97. The molecule has 2 fully saturated rings. The summed E-state index contributed by atoms with van der Waals surface area (Å²) < 4.78 is 0. The largest absolute Gasteiger partial charge is 0.342 e. The molecule has 2 rings (SSSR count). The molecular weight excluding hydrogens is 242 g/mol. The number of likely N-dealkylation sites (tertiary alicyclic amines) is 1. The predicted molar refractivity (Wildman–Crippen MR) is 73.6 cm³/mol. The number of likely N-dealkylation sites (N-methyl/N-ethyl adjacent to an activating group) is 1. The van der Waals surface area contributed by atoms with Gasteiger partial charge in [-0.05, 0) is 13.0 Å². The minimum Gasteiger partial charge on any atom is -0.342 e. The Bertz CT molecular complexity index is 349. The second kappa shape index (κ2) is 5.90. The summed E-state index contributed by atoms with van der Waals surface area (Å²) in [6.45, 7) is 9.04. The first-order valence-corrected chi connectivity index (χ1v) is 7.22. The Balaban J connectivity index is 1.89. The van der Waals surface area contributed by atoms with Gasteiger partial charge in [-0.25, -0.2) is 0 Å². The fraction of sp³-hybridized carbons (Fsp3) is 0.857. The highest BCUT2D eigenvalue weighted by atomic mass is 16.2. The van der Waals surface area contributed by atoms with Gasteiger partial charge in [0.15, 0.2) is 0 Å². The Morgan fingerprint density at radius 3 is 2.47 bits per heavy atom. The van der Waals surface area contributed by atoms with E-state index in [1.54, 1.807) is 0 Å². The molecule has 0 radical (unpaired) electrons. The van der Waals surface area contributed by atoms with Crippen LogP contribution in [0.4, 0.5) is 0 Å². The molecule has 2 heterocycles. The van der Waals surface area contributed by atoms with Gasteiger partial charge in [-0.3, -0.25) is 9.59 Å². The molecule has 0 spiro atoms. The van der Waals surface area contributed by atoms with Crippen molar-refractivity contribution in [3.63, 3.8) is 0 Å². The minimum atomic E-state index is -0.116. The maximum absolute atomic E-state index is 12.4. The zero-order valence-corrected chi connectivity index (χ0v) is 12.3. The summed E-state index contributed by atoms with van der Waals surface area (Å²) in [6.07, 6.45) is 0.401. The van der Waals surface area contributed by atoms with E-state index in [9.17, 15) is 9.59 Å². The number of hydrogen-bond donors (Lipinski definition) is 0. The number of piperazine rings is 1. The summed E-state index contributed by atoms with van der Waals surface area (Å²) in [4.78, 5) is 30.3. The highest BCUT2D eigenvalue weighted by Crippen LogP contribution is 2.21. The second-order valence-electron chi connectivity index (χ2n) is 6.22. The van der Waals surface area contributed by atoms with Gasteiger partial charge in [0.2, 0.25) is 11.8 Å². The van der Waals surface area contributed by atoms with Crippen LogP contribution in [0.25, 0.3) is 0 Å². The number of amides is 2. The lowest BCUT2D eigenvalue weighted by atomic mass is 10.1. The molecule has 5 heteroatoms. The van der Waals surface area contributed by atoms with E-state index < -0.39 is 0 Å². The van der Waals surface area contributed by atoms with Crippen molar-refractivity contribution in [2.24, 2.45) is 11.8 Å². The minimum absolute atomic E-state index is 0.116. The molecule has 19 heavy (non-hydrogen) atoms. The maximum Gasteiger partial charge on any atom is 0.228 e. The van der Waals surface area contributed by atoms with E-state index in [0.717, 1.165) is 32.7 Å². The van der Waals surface area contributed by atoms with Crippen LogP contribution in [0.3, 0.4) is 0 Å². The SMILES string of the molecule is CC(C)CN1CC(C(=O)N2CCN(C)CC2)CC1=O. The monoisotopic (exact) mass is 267 g/mol. The van der Waals surface area contributed by atoms with Gasteiger partial charge in [-0.2, -0.15) is 0 Å². The van der Waals surface area contributed by atoms with Crippen molar-refractivity contribution in [3.8, 4) is 0 Å². The van der Waals surface area contributed by atoms with Gasteiger partial charge in [-0.15, -0.1) is 0 Å². The van der Waals surface area contributed by atoms with Crippen molar-refractivity contribution in [3.05, 3.63) is 0 Å². The fourth-order valence-corrected chi connectivity index (χ4v) is 2.84. The Hall–Kier alpha value is -1.10. The summed E-state index contributed by atoms with van der Waals surface area (Å²) in [7, 11) is 2.07. The van der Waals surface area contributed by atoms with Crippen LogP contribution in [0.2, 0.25) is 0 Å². The van der Waals surface area contributed by atoms with Gasteiger partial charge in [0.25, 0.3) is 0 Å². The fourth-order valence-electron chi connectivity index (χ4n) is 2.84. The van der Waals surface area contributed by atoms with Gasteiger partial charge < -0.3 is 14.7 Å². The second-order valence-corrected chi connectivity index (χ2v) is 6.22. The molecule has 0 aromatic rings. The number of carbonyl (C=O) groups is 2. The van der Waals surface area contributed by atoms with Crippen LogP contribution >= 0.6 is 0 Å². The van der Waals surface area contributed by atoms with Crippen molar-refractivity contribution in [1.82, 2.24) is 14.7 Å². The quantitative estimate of drug-likeness (QED) is 0.737. The summed E-state index contributed by atoms with van der Waals surface area (Å²) in [5.74, 6) is 0.657. The molecule has 2 aliphatic heterocycles. The highest BCUT2D eigenvalue weighted by molar-refractivity contribution is 5.89. The third-order valence-corrected chi connectivity index (χ3v) is 3.96. The zero-order chi connectivity index (χ0) is 14.0. The van der Waals surface area contributed by atoms with Crippen LogP contribution in [0.15, 0.2) is 0 Å². The van der Waals surface area contributed by atoms with E-state index in [1.807, 2.05) is 9.80 Å². The van der Waals surface area contributed by atoms with Crippen LogP contribution in [0.1, 0.15) is 20.3 Å². The third-order valence-electron chi connectivity index (χ3n) is 3.96. The summed E-state index contributed by atoms with van der Waals surface area (Å²) in [6, 6.07) is 0. The van der Waals surface area contributed by atoms with Crippen molar-refractivity contribution < 1.29 is 9.59 Å². The van der Waals surface area contributed by atoms with Crippen LogP contribution in [0.5, 0.6) is 0 Å². The van der Waals surface area contributed by atoms with Crippen LogP contribution in [-0.2, 0) is 9.59 Å². The summed E-state index contributed by atoms with van der Waals surface area (Å²) >= 11 is 0. The Labute approximate surface area is 115 Å². The number of nitrogens with zero attached hydrogens (tertiary/aromatic N) is 3. The molecule has 1 unspecified atom stereocenters. The molecule has 0 aromatic carbocycles. The van der Waals surface area contributed by atoms with Gasteiger partial charge in [0.1, 0.15) is 0 Å². The topological polar surface area (TPSA) is 43.9 Å². The molecule has 0 aromatic heterocycles. The number of carbonyl (C=O) groups excluding carboxylic acids is 2. The lowest BCUT2D eigenvalue weighted by molar-refractivity contribution is -0.137. The van der Waals surface area contributed by atoms with Crippen LogP contribution in [-0.4, -0.2) is 72.8 Å². The molecule has 5 nitrogen and oxygen atoms in total. The van der Waals surface area contributed by atoms with Crippen molar-refractivity contribution in [2.75, 3.05) is 46.3 Å². The Morgan fingerprint density at radius 1 is 1.26 bits per heavy atom. The first-order valence-electron chi connectivity index (χ1n) is 7.22. The van der Waals surface area contributed by atoms with E-state index in [0.29, 0.717) is 18.9 Å². The molecule has 0 aliphatic carbocycles. The van der Waals surface area contributed by atoms with E-state index in [-0.39, 0.29) is 17.7 Å². The molecule has 2 amide bonds. The van der Waals surface area contributed by atoms with Gasteiger partial charge in [0.05, 0.1) is 5.92 Å². The molecular formula is C14H25N3O2. The smallest absolute Gasteiger partial charge is 0.228 e. The molecule has 108 valence electrons. The van der Waals surface area contributed by atoms with Gasteiger partial charge in [0, 0.05) is 45.7 Å². The molecule has 2 saturated heterocycles. The molecule has 0 N–H and O–H groups in total. The zero-order valence-electron chi connectivity index (χ0n) is 12.3. The van der Waals surface area contributed by atoms with E-state index >= 15 is 0 Å². The molecule has 2 aliphatic rings. The van der Waals surface area contributed by atoms with Crippen molar-refractivity contribution in [2.45, 2.75) is 20.3 Å². The summed E-state index contributed by atoms with van der Waals surface area (Å²) in [5.41, 5.74) is 0. The summed E-state index contributed by atoms with van der Waals surface area (Å²) in [5, 5.41) is 0. The van der Waals surface area contributed by atoms with E-state index in [2.05, 4.69) is 25.8 Å². The Morgan fingerprint density at radius 2 is 1.89 bits per heavy atom. The molecule has 0 saturated carbocycles. The lowest BCUT2D eigenvalue weighted by Crippen LogP contribution is -2.49. The van der Waals surface area contributed by atoms with Gasteiger partial charge >= 0.3 is 0 Å². The molecule has 0 bridgehead atoms. The van der Waals surface area contributed by atoms with Crippen LogP contribution in [0, 0.1) is 11.8 Å². The average Bonchev–Trinajstić information content (AvgIpc) is 2.70. The highest BCUT2D eigenvalue weighted by Gasteiger charge is 2.36. The lowest BCUT2D eigenvalue weighted by Gasteiger charge is -2.33. The average molecular weight is 267 g/mol. The van der Waals surface area contributed by atoms with Gasteiger partial charge in [-0.1, -0.05) is 13.8 Å². The number of rotatable bonds is 3.